The topological polar surface area (TPSA) is 132 Å². The number of ether oxygens (including phenoxy) is 1. The summed E-state index contributed by atoms with van der Waals surface area (Å²) in [4.78, 5) is 40.9. The van der Waals surface area contributed by atoms with Gasteiger partial charge in [0.2, 0.25) is 0 Å². The number of rotatable bonds is 8. The Morgan fingerprint density at radius 1 is 1.36 bits per heavy atom. The normalized spacial score (nSPS) is 18.8. The molecule has 0 radical (unpaired) electrons. The highest BCUT2D eigenvalue weighted by Gasteiger charge is 2.51. The van der Waals surface area contributed by atoms with Crippen LogP contribution in [0.25, 0.3) is 0 Å². The summed E-state index contributed by atoms with van der Waals surface area (Å²) in [7, 11) is 0. The molecule has 3 unspecified atom stereocenters. The Labute approximate surface area is 187 Å². The average molecular weight is 468 g/mol. The van der Waals surface area contributed by atoms with Crippen molar-refractivity contribution in [1.82, 2.24) is 10.2 Å². The molecule has 9 nitrogen and oxygen atoms in total. The molecule has 0 saturated carbocycles. The van der Waals surface area contributed by atoms with E-state index in [4.69, 9.17) is 5.41 Å². The summed E-state index contributed by atoms with van der Waals surface area (Å²) in [5, 5.41) is 19.6. The number of alkyl halides is 3. The van der Waals surface area contributed by atoms with Gasteiger partial charge in [0.1, 0.15) is 11.6 Å². The lowest BCUT2D eigenvalue weighted by Crippen LogP contribution is -2.63. The molecular weight excluding hydrogens is 445 g/mol. The number of carbonyl (C=O) groups excluding carboxylic acids is 2. The van der Waals surface area contributed by atoms with Crippen molar-refractivity contribution in [3.8, 4) is 5.75 Å². The molecule has 0 aliphatic carbocycles. The predicted octanol–water partition coefficient (Wildman–Crippen LogP) is 3.67. The van der Waals surface area contributed by atoms with Crippen LogP contribution < -0.4 is 10.1 Å². The molecule has 1 aliphatic rings. The number of nitrogens with one attached hydrogen (secondary N) is 2. The Hall–Kier alpha value is -3.70. The molecule has 1 aliphatic heterocycles. The van der Waals surface area contributed by atoms with Gasteiger partial charge in [-0.3, -0.25) is 10.2 Å². The van der Waals surface area contributed by atoms with Gasteiger partial charge in [-0.2, -0.15) is 0 Å². The van der Waals surface area contributed by atoms with Crippen molar-refractivity contribution >= 4 is 30.5 Å². The minimum absolute atomic E-state index is 0.00702. The van der Waals surface area contributed by atoms with E-state index in [9.17, 15) is 32.7 Å². The number of aliphatic imine (C=N–C) groups is 1. The van der Waals surface area contributed by atoms with Crippen molar-refractivity contribution in [3.63, 3.8) is 0 Å². The highest BCUT2D eigenvalue weighted by atomic mass is 19.4. The van der Waals surface area contributed by atoms with Crippen LogP contribution in [0.15, 0.2) is 40.9 Å². The third kappa shape index (κ3) is 6.40. The Morgan fingerprint density at radius 2 is 1.97 bits per heavy atom. The number of hydrogen-bond donors (Lipinski definition) is 3. The van der Waals surface area contributed by atoms with E-state index in [-0.39, 0.29) is 23.7 Å². The van der Waals surface area contributed by atoms with Crippen molar-refractivity contribution in [2.75, 3.05) is 0 Å². The van der Waals surface area contributed by atoms with Gasteiger partial charge in [-0.1, -0.05) is 25.1 Å². The maximum atomic E-state index is 12.6. The van der Waals surface area contributed by atoms with E-state index in [0.29, 0.717) is 16.9 Å². The lowest BCUT2D eigenvalue weighted by molar-refractivity contribution is -0.274. The molecule has 1 aromatic rings. The van der Waals surface area contributed by atoms with Gasteiger partial charge in [-0.25, -0.2) is 19.5 Å². The number of likely N-dealkylation sites (tertiary alicyclic amines) is 1. The monoisotopic (exact) mass is 468 g/mol. The Bertz CT molecular complexity index is 975. The molecule has 2 rings (SSSR count). The van der Waals surface area contributed by atoms with Crippen LogP contribution in [0, 0.1) is 11.3 Å². The number of carboxylic acid groups (broad SMARTS) is 1. The minimum Gasteiger partial charge on any atom is -0.479 e. The fourth-order valence-corrected chi connectivity index (χ4v) is 3.25. The number of halogens is 3. The number of benzene rings is 1. The number of carboxylic acids is 1. The van der Waals surface area contributed by atoms with Crippen molar-refractivity contribution in [2.24, 2.45) is 10.9 Å². The highest BCUT2D eigenvalue weighted by molar-refractivity contribution is 6.17. The van der Waals surface area contributed by atoms with Crippen molar-refractivity contribution in [1.29, 1.82) is 5.41 Å². The van der Waals surface area contributed by atoms with Crippen LogP contribution in [-0.4, -0.2) is 52.9 Å². The molecule has 178 valence electrons. The zero-order chi connectivity index (χ0) is 24.9. The van der Waals surface area contributed by atoms with Gasteiger partial charge in [0, 0.05) is 12.0 Å². The second kappa shape index (κ2) is 10.3. The van der Waals surface area contributed by atoms with Gasteiger partial charge in [0.05, 0.1) is 6.04 Å². The standard InChI is InChI=1S/C21H23F3N4O5/c1-4-12(10-16(25)26-3)9-15-17(19(30)31)28(18(15)29)20(32)27-11(2)13-5-7-14(8-6-13)33-21(22,23)24/h5-9,11-12,17,25H,3-4,10H2,1-2H3,(H,27,32)(H,30,31)/b15-9+,25-16?. The third-order valence-electron chi connectivity index (χ3n) is 5.01. The van der Waals surface area contributed by atoms with Crippen LogP contribution in [0.5, 0.6) is 5.75 Å². The van der Waals surface area contributed by atoms with Gasteiger partial charge in [0.25, 0.3) is 5.91 Å². The first kappa shape index (κ1) is 25.6. The first-order valence-corrected chi connectivity index (χ1v) is 9.86. The Kier molecular flexibility index (Phi) is 7.96. The lowest BCUT2D eigenvalue weighted by atomic mass is 9.88. The molecule has 1 saturated heterocycles. The zero-order valence-electron chi connectivity index (χ0n) is 17.8. The smallest absolute Gasteiger partial charge is 0.479 e. The summed E-state index contributed by atoms with van der Waals surface area (Å²) in [6.45, 7) is 6.58. The van der Waals surface area contributed by atoms with Crippen molar-refractivity contribution < 1.29 is 37.4 Å². The van der Waals surface area contributed by atoms with Crippen molar-refractivity contribution in [3.05, 3.63) is 41.5 Å². The van der Waals surface area contributed by atoms with Gasteiger partial charge < -0.3 is 15.2 Å². The van der Waals surface area contributed by atoms with E-state index in [0.717, 1.165) is 12.1 Å². The lowest BCUT2D eigenvalue weighted by Gasteiger charge is -2.39. The summed E-state index contributed by atoms with van der Waals surface area (Å²) < 4.78 is 40.6. The third-order valence-corrected chi connectivity index (χ3v) is 5.01. The molecule has 1 heterocycles. The zero-order valence-corrected chi connectivity index (χ0v) is 17.8. The second-order valence-corrected chi connectivity index (χ2v) is 7.30. The molecule has 3 N–H and O–H groups in total. The van der Waals surface area contributed by atoms with Gasteiger partial charge in [0.15, 0.2) is 6.04 Å². The van der Waals surface area contributed by atoms with Gasteiger partial charge in [-0.15, -0.1) is 13.2 Å². The van der Waals surface area contributed by atoms with Crippen molar-refractivity contribution in [2.45, 2.75) is 45.1 Å². The largest absolute Gasteiger partial charge is 0.573 e. The Balaban J connectivity index is 2.11. The second-order valence-electron chi connectivity index (χ2n) is 7.30. The molecule has 0 bridgehead atoms. The number of urea groups is 1. The minimum atomic E-state index is -4.84. The van der Waals surface area contributed by atoms with Crippen LogP contribution in [0.4, 0.5) is 18.0 Å². The van der Waals surface area contributed by atoms with E-state index in [2.05, 4.69) is 21.8 Å². The first-order chi connectivity index (χ1) is 15.4. The fraction of sp³-hybridized carbons (Fsp3) is 0.381. The van der Waals surface area contributed by atoms with Crippen LogP contribution in [0.2, 0.25) is 0 Å². The highest BCUT2D eigenvalue weighted by Crippen LogP contribution is 2.30. The van der Waals surface area contributed by atoms with E-state index in [1.807, 2.05) is 0 Å². The summed E-state index contributed by atoms with van der Waals surface area (Å²) in [5.74, 6) is -2.95. The number of β-lactam (4-membered cyclic amide) rings is 1. The predicted molar refractivity (Wildman–Crippen MR) is 112 cm³/mol. The van der Waals surface area contributed by atoms with E-state index >= 15 is 0 Å². The Morgan fingerprint density at radius 3 is 2.45 bits per heavy atom. The van der Waals surface area contributed by atoms with Crippen LogP contribution in [0.3, 0.4) is 0 Å². The molecule has 3 atom stereocenters. The average Bonchev–Trinajstić information content (AvgIpc) is 2.73. The first-order valence-electron chi connectivity index (χ1n) is 9.86. The summed E-state index contributed by atoms with van der Waals surface area (Å²) in [6, 6.07) is 1.56. The number of amides is 3. The summed E-state index contributed by atoms with van der Waals surface area (Å²) in [6.07, 6.45) is -2.72. The van der Waals surface area contributed by atoms with Gasteiger partial charge >= 0.3 is 18.4 Å². The number of carbonyl (C=O) groups is 3. The van der Waals surface area contributed by atoms with Crippen LogP contribution in [0.1, 0.15) is 38.3 Å². The molecule has 12 heteroatoms. The molecular formula is C21H23F3N4O5. The quantitative estimate of drug-likeness (QED) is 0.232. The summed E-state index contributed by atoms with van der Waals surface area (Å²) >= 11 is 0. The number of allylic oxidation sites excluding steroid dienone is 1. The van der Waals surface area contributed by atoms with E-state index in [1.54, 1.807) is 6.92 Å². The maximum absolute atomic E-state index is 12.6. The summed E-state index contributed by atoms with van der Waals surface area (Å²) in [5.41, 5.74) is 0.345. The molecule has 1 aromatic carbocycles. The molecule has 33 heavy (non-hydrogen) atoms. The van der Waals surface area contributed by atoms with Gasteiger partial charge in [-0.05, 0) is 43.7 Å². The molecule has 0 spiro atoms. The maximum Gasteiger partial charge on any atom is 0.573 e. The fourth-order valence-electron chi connectivity index (χ4n) is 3.25. The SMILES string of the molecule is C=NC(=N)CC(/C=C1/C(=O)N(C(=O)NC(C)c2ccc(OC(F)(F)F)cc2)C1C(=O)O)CC. The van der Waals surface area contributed by atoms with Crippen LogP contribution in [-0.2, 0) is 9.59 Å². The van der Waals surface area contributed by atoms with E-state index < -0.39 is 42.1 Å². The number of amidine groups is 1. The molecule has 1 fully saturated rings. The number of aliphatic carboxylic acids is 1. The van der Waals surface area contributed by atoms with E-state index in [1.165, 1.54) is 25.1 Å². The molecule has 0 aromatic heterocycles. The number of nitrogens with zero attached hydrogens (tertiary/aromatic N) is 2. The molecule has 3 amide bonds. The number of imide groups is 1. The van der Waals surface area contributed by atoms with Crippen LogP contribution >= 0.6 is 0 Å². The number of hydrogen-bond acceptors (Lipinski definition) is 5.